The van der Waals surface area contributed by atoms with Crippen molar-refractivity contribution in [3.63, 3.8) is 0 Å². The van der Waals surface area contributed by atoms with Gasteiger partial charge in [-0.2, -0.15) is 0 Å². The predicted octanol–water partition coefficient (Wildman–Crippen LogP) is 4.77. The molecule has 26 heavy (non-hydrogen) atoms. The molecule has 3 rings (SSSR count). The van der Waals surface area contributed by atoms with E-state index in [0.29, 0.717) is 12.4 Å². The topological polar surface area (TPSA) is 59.1 Å². The van der Waals surface area contributed by atoms with Gasteiger partial charge in [0.05, 0.1) is 7.11 Å². The Bertz CT molecular complexity index is 888. The summed E-state index contributed by atoms with van der Waals surface area (Å²) in [5, 5.41) is 6.73. The minimum absolute atomic E-state index is 0.628. The van der Waals surface area contributed by atoms with Crippen molar-refractivity contribution in [1.29, 1.82) is 0 Å². The Morgan fingerprint density at radius 2 is 1.58 bits per heavy atom. The summed E-state index contributed by atoms with van der Waals surface area (Å²) in [4.78, 5) is 8.97. The monoisotopic (exact) mass is 348 g/mol. The fourth-order valence-electron chi connectivity index (χ4n) is 2.95. The highest BCUT2D eigenvalue weighted by molar-refractivity contribution is 5.61. The number of hydrogen-bond acceptors (Lipinski definition) is 5. The number of nitrogens with zero attached hydrogens (tertiary/aromatic N) is 2. The van der Waals surface area contributed by atoms with Crippen LogP contribution in [-0.4, -0.2) is 17.1 Å². The third-order valence-electron chi connectivity index (χ3n) is 3.98. The number of ether oxygens (including phenoxy) is 1. The van der Waals surface area contributed by atoms with Crippen molar-refractivity contribution in [2.45, 2.75) is 27.3 Å². The van der Waals surface area contributed by atoms with Crippen molar-refractivity contribution in [3.05, 3.63) is 71.0 Å². The second-order valence-corrected chi connectivity index (χ2v) is 6.35. The van der Waals surface area contributed by atoms with Gasteiger partial charge in [0.15, 0.2) is 0 Å². The molecule has 2 N–H and O–H groups in total. The van der Waals surface area contributed by atoms with E-state index in [1.165, 1.54) is 11.1 Å². The number of aryl methyl sites for hydroxylation is 3. The van der Waals surface area contributed by atoms with E-state index in [2.05, 4.69) is 52.6 Å². The Kier molecular flexibility index (Phi) is 5.37. The minimum Gasteiger partial charge on any atom is -0.496 e. The average molecular weight is 348 g/mol. The van der Waals surface area contributed by atoms with E-state index in [9.17, 15) is 0 Å². The standard InChI is InChI=1S/C21H24N4O/c1-14-9-15(2)11-18(10-14)25-21-12-20(23-16(3)24-21)22-13-17-7-5-6-8-19(17)26-4/h5-12H,13H2,1-4H3,(H2,22,23,24,25). The highest BCUT2D eigenvalue weighted by Crippen LogP contribution is 2.22. The van der Waals surface area contributed by atoms with Crippen molar-refractivity contribution in [2.75, 3.05) is 17.7 Å². The van der Waals surface area contributed by atoms with Crippen LogP contribution >= 0.6 is 0 Å². The molecule has 3 aromatic rings. The first-order valence-electron chi connectivity index (χ1n) is 8.60. The molecule has 134 valence electrons. The number of anilines is 3. The molecular formula is C21H24N4O. The zero-order valence-corrected chi connectivity index (χ0v) is 15.6. The quantitative estimate of drug-likeness (QED) is 0.672. The van der Waals surface area contributed by atoms with E-state index in [4.69, 9.17) is 4.74 Å². The number of nitrogens with one attached hydrogen (secondary N) is 2. The Morgan fingerprint density at radius 3 is 2.31 bits per heavy atom. The summed E-state index contributed by atoms with van der Waals surface area (Å²) in [5.41, 5.74) is 4.53. The maximum Gasteiger partial charge on any atom is 0.136 e. The highest BCUT2D eigenvalue weighted by atomic mass is 16.5. The summed E-state index contributed by atoms with van der Waals surface area (Å²) < 4.78 is 5.40. The van der Waals surface area contributed by atoms with Crippen LogP contribution in [0.1, 0.15) is 22.5 Å². The Labute approximate surface area is 154 Å². The fraction of sp³-hybridized carbons (Fsp3) is 0.238. The molecule has 0 saturated heterocycles. The third kappa shape index (κ3) is 4.51. The van der Waals surface area contributed by atoms with Gasteiger partial charge in [0.25, 0.3) is 0 Å². The summed E-state index contributed by atoms with van der Waals surface area (Å²) in [5.74, 6) is 3.11. The maximum absolute atomic E-state index is 5.40. The van der Waals surface area contributed by atoms with E-state index < -0.39 is 0 Å². The molecule has 0 bridgehead atoms. The number of para-hydroxylation sites is 1. The largest absolute Gasteiger partial charge is 0.496 e. The summed E-state index contributed by atoms with van der Waals surface area (Å²) in [6.07, 6.45) is 0. The molecule has 0 aliphatic rings. The zero-order valence-electron chi connectivity index (χ0n) is 15.6. The minimum atomic E-state index is 0.628. The zero-order chi connectivity index (χ0) is 18.5. The van der Waals surface area contributed by atoms with Crippen molar-refractivity contribution in [2.24, 2.45) is 0 Å². The van der Waals surface area contributed by atoms with Crippen molar-refractivity contribution in [3.8, 4) is 5.75 Å². The van der Waals surface area contributed by atoms with Gasteiger partial charge < -0.3 is 15.4 Å². The van der Waals surface area contributed by atoms with Gasteiger partial charge in [-0.3, -0.25) is 0 Å². The van der Waals surface area contributed by atoms with Crippen molar-refractivity contribution < 1.29 is 4.74 Å². The number of rotatable bonds is 6. The van der Waals surface area contributed by atoms with Crippen LogP contribution in [0.3, 0.4) is 0 Å². The normalized spacial score (nSPS) is 10.5. The lowest BCUT2D eigenvalue weighted by molar-refractivity contribution is 0.410. The van der Waals surface area contributed by atoms with Gasteiger partial charge in [-0.15, -0.1) is 0 Å². The first-order chi connectivity index (χ1) is 12.5. The molecule has 1 heterocycles. The van der Waals surface area contributed by atoms with Gasteiger partial charge in [0.2, 0.25) is 0 Å². The van der Waals surface area contributed by atoms with Gasteiger partial charge in [0, 0.05) is 23.9 Å². The van der Waals surface area contributed by atoms with Gasteiger partial charge >= 0.3 is 0 Å². The molecule has 0 radical (unpaired) electrons. The van der Waals surface area contributed by atoms with Gasteiger partial charge in [-0.05, 0) is 50.1 Å². The molecule has 0 atom stereocenters. The third-order valence-corrected chi connectivity index (χ3v) is 3.98. The Balaban J connectivity index is 1.77. The van der Waals surface area contributed by atoms with Crippen molar-refractivity contribution >= 4 is 17.3 Å². The smallest absolute Gasteiger partial charge is 0.136 e. The highest BCUT2D eigenvalue weighted by Gasteiger charge is 2.06. The number of benzene rings is 2. The average Bonchev–Trinajstić information content (AvgIpc) is 2.59. The second-order valence-electron chi connectivity index (χ2n) is 6.35. The Morgan fingerprint density at radius 1 is 0.885 bits per heavy atom. The summed E-state index contributed by atoms with van der Waals surface area (Å²) >= 11 is 0. The SMILES string of the molecule is COc1ccccc1CNc1cc(Nc2cc(C)cc(C)c2)nc(C)n1. The van der Waals surface area contributed by atoms with E-state index in [-0.39, 0.29) is 0 Å². The lowest BCUT2D eigenvalue weighted by atomic mass is 10.1. The number of methoxy groups -OCH3 is 1. The van der Waals surface area contributed by atoms with Crippen LogP contribution < -0.4 is 15.4 Å². The van der Waals surface area contributed by atoms with Crippen LogP contribution in [0.15, 0.2) is 48.5 Å². The van der Waals surface area contributed by atoms with Gasteiger partial charge in [-0.25, -0.2) is 9.97 Å². The summed E-state index contributed by atoms with van der Waals surface area (Å²) in [6, 6.07) is 16.2. The molecule has 2 aromatic carbocycles. The van der Waals surface area contributed by atoms with Gasteiger partial charge in [0.1, 0.15) is 23.2 Å². The fourth-order valence-corrected chi connectivity index (χ4v) is 2.95. The molecule has 0 unspecified atom stereocenters. The lowest BCUT2D eigenvalue weighted by Crippen LogP contribution is -2.06. The van der Waals surface area contributed by atoms with E-state index in [1.54, 1.807) is 7.11 Å². The molecule has 0 saturated carbocycles. The molecule has 0 spiro atoms. The lowest BCUT2D eigenvalue weighted by Gasteiger charge is -2.12. The van der Waals surface area contributed by atoms with Crippen LogP contribution in [0.2, 0.25) is 0 Å². The predicted molar refractivity (Wildman–Crippen MR) is 106 cm³/mol. The number of aromatic nitrogens is 2. The maximum atomic E-state index is 5.40. The van der Waals surface area contributed by atoms with Crippen LogP contribution in [-0.2, 0) is 6.54 Å². The molecule has 5 nitrogen and oxygen atoms in total. The van der Waals surface area contributed by atoms with E-state index >= 15 is 0 Å². The van der Waals surface area contributed by atoms with Crippen LogP contribution in [0, 0.1) is 20.8 Å². The molecule has 0 aliphatic heterocycles. The Hall–Kier alpha value is -3.08. The van der Waals surface area contributed by atoms with Crippen LogP contribution in [0.4, 0.5) is 17.3 Å². The summed E-state index contributed by atoms with van der Waals surface area (Å²) in [7, 11) is 1.68. The second kappa shape index (κ2) is 7.87. The molecule has 1 aromatic heterocycles. The first kappa shape index (κ1) is 17.7. The van der Waals surface area contributed by atoms with Crippen LogP contribution in [0.5, 0.6) is 5.75 Å². The van der Waals surface area contributed by atoms with E-state index in [1.807, 2.05) is 37.3 Å². The first-order valence-corrected chi connectivity index (χ1v) is 8.60. The number of hydrogen-bond donors (Lipinski definition) is 2. The summed E-state index contributed by atoms with van der Waals surface area (Å²) in [6.45, 7) is 6.69. The molecule has 0 aliphatic carbocycles. The molecular weight excluding hydrogens is 324 g/mol. The van der Waals surface area contributed by atoms with Crippen molar-refractivity contribution in [1.82, 2.24) is 9.97 Å². The van der Waals surface area contributed by atoms with E-state index in [0.717, 1.165) is 28.6 Å². The molecule has 5 heteroatoms. The van der Waals surface area contributed by atoms with Gasteiger partial charge in [-0.1, -0.05) is 24.3 Å². The van der Waals surface area contributed by atoms with Crippen LogP contribution in [0.25, 0.3) is 0 Å². The molecule has 0 fully saturated rings. The molecule has 0 amide bonds.